The summed E-state index contributed by atoms with van der Waals surface area (Å²) in [5.41, 5.74) is 1.43. The van der Waals surface area contributed by atoms with Gasteiger partial charge in [-0.2, -0.15) is 5.26 Å². The third-order valence-corrected chi connectivity index (χ3v) is 5.20. The summed E-state index contributed by atoms with van der Waals surface area (Å²) in [5, 5.41) is 14.3. The Hall–Kier alpha value is -3.66. The lowest BCUT2D eigenvalue weighted by molar-refractivity contribution is -0.133. The van der Waals surface area contributed by atoms with E-state index in [2.05, 4.69) is 31.4 Å². The maximum Gasteiger partial charge on any atom is 0.325 e. The van der Waals surface area contributed by atoms with Crippen molar-refractivity contribution in [3.05, 3.63) is 65.2 Å². The van der Waals surface area contributed by atoms with Gasteiger partial charge in [0.05, 0.1) is 11.6 Å². The number of nitrogens with one attached hydrogen (secondary N) is 2. The third-order valence-electron chi connectivity index (χ3n) is 5.20. The number of hydrogen-bond donors (Lipinski definition) is 2. The van der Waals surface area contributed by atoms with Crippen molar-refractivity contribution in [2.45, 2.75) is 38.6 Å². The fourth-order valence-corrected chi connectivity index (χ4v) is 3.31. The third kappa shape index (κ3) is 4.03. The highest BCUT2D eigenvalue weighted by atomic mass is 16.2. The van der Waals surface area contributed by atoms with Crippen LogP contribution in [0.1, 0.15) is 44.4 Å². The van der Waals surface area contributed by atoms with Gasteiger partial charge < -0.3 is 10.6 Å². The second kappa shape index (κ2) is 7.64. The first-order chi connectivity index (χ1) is 14.0. The topological polar surface area (TPSA) is 102 Å². The van der Waals surface area contributed by atoms with Crippen LogP contribution in [0, 0.1) is 11.3 Å². The Labute approximate surface area is 175 Å². The van der Waals surface area contributed by atoms with Crippen molar-refractivity contribution >= 4 is 23.5 Å². The zero-order valence-corrected chi connectivity index (χ0v) is 17.4. The summed E-state index contributed by atoms with van der Waals surface area (Å²) in [7, 11) is 0. The lowest BCUT2D eigenvalue weighted by Crippen LogP contribution is -2.42. The number of hydrogen-bond acceptors (Lipinski definition) is 4. The Balaban J connectivity index is 1.70. The molecule has 3 rings (SSSR count). The molecule has 154 valence electrons. The molecule has 1 saturated heterocycles. The molecular formula is C23H24N4O3. The van der Waals surface area contributed by atoms with Gasteiger partial charge >= 0.3 is 6.03 Å². The van der Waals surface area contributed by atoms with Crippen molar-refractivity contribution in [2.75, 3.05) is 11.9 Å². The summed E-state index contributed by atoms with van der Waals surface area (Å²) < 4.78 is 0. The van der Waals surface area contributed by atoms with Gasteiger partial charge in [-0.3, -0.25) is 14.5 Å². The van der Waals surface area contributed by atoms with Crippen molar-refractivity contribution in [3.8, 4) is 6.07 Å². The summed E-state index contributed by atoms with van der Waals surface area (Å²) in [6.45, 7) is 7.49. The summed E-state index contributed by atoms with van der Waals surface area (Å²) in [4.78, 5) is 38.7. The van der Waals surface area contributed by atoms with Gasteiger partial charge in [0.15, 0.2) is 0 Å². The van der Waals surface area contributed by atoms with Gasteiger partial charge in [-0.25, -0.2) is 4.79 Å². The molecule has 2 aromatic rings. The van der Waals surface area contributed by atoms with Crippen LogP contribution < -0.4 is 10.6 Å². The van der Waals surface area contributed by atoms with Gasteiger partial charge in [0.1, 0.15) is 12.1 Å². The average Bonchev–Trinajstić information content (AvgIpc) is 2.91. The second-order valence-electron chi connectivity index (χ2n) is 8.51. The minimum atomic E-state index is -1.29. The second-order valence-corrected chi connectivity index (χ2v) is 8.51. The molecule has 0 radical (unpaired) electrons. The largest absolute Gasteiger partial charge is 0.325 e. The Morgan fingerprint density at radius 1 is 1.10 bits per heavy atom. The fraction of sp³-hybridized carbons (Fsp3) is 0.304. The first-order valence-corrected chi connectivity index (χ1v) is 9.60. The molecule has 1 aliphatic rings. The number of amides is 4. The summed E-state index contributed by atoms with van der Waals surface area (Å²) in [6, 6.07) is 15.2. The van der Waals surface area contributed by atoms with Gasteiger partial charge in [-0.05, 0) is 47.7 Å². The number of carbonyl (C=O) groups excluding carboxylic acids is 3. The SMILES string of the molecule is CC(C)(C)c1ccc(NC(=O)CN2C(=O)NC(C)(c3ccc(C#N)cc3)C2=O)cc1. The maximum absolute atomic E-state index is 12.9. The van der Waals surface area contributed by atoms with E-state index in [1.54, 1.807) is 43.3 Å². The van der Waals surface area contributed by atoms with Gasteiger partial charge in [-0.1, -0.05) is 45.0 Å². The molecule has 7 nitrogen and oxygen atoms in total. The molecule has 0 bridgehead atoms. The quantitative estimate of drug-likeness (QED) is 0.764. The van der Waals surface area contributed by atoms with E-state index in [9.17, 15) is 14.4 Å². The lowest BCUT2D eigenvalue weighted by Gasteiger charge is -2.22. The fourth-order valence-electron chi connectivity index (χ4n) is 3.31. The molecule has 1 atom stereocenters. The van der Waals surface area contributed by atoms with Gasteiger partial charge in [0, 0.05) is 5.69 Å². The molecule has 0 saturated carbocycles. The smallest absolute Gasteiger partial charge is 0.325 e. The predicted molar refractivity (Wildman–Crippen MR) is 113 cm³/mol. The number of imide groups is 1. The van der Waals surface area contributed by atoms with E-state index >= 15 is 0 Å². The molecule has 7 heteroatoms. The Morgan fingerprint density at radius 3 is 2.23 bits per heavy atom. The van der Waals surface area contributed by atoms with Crippen molar-refractivity contribution in [1.82, 2.24) is 10.2 Å². The molecule has 1 unspecified atom stereocenters. The van der Waals surface area contributed by atoms with E-state index in [-0.39, 0.29) is 5.41 Å². The highest BCUT2D eigenvalue weighted by molar-refractivity contribution is 6.10. The number of benzene rings is 2. The van der Waals surface area contributed by atoms with E-state index in [0.29, 0.717) is 16.8 Å². The standard InChI is InChI=1S/C23H24N4O3/c1-22(2,3)16-9-11-18(12-10-16)25-19(28)14-27-20(29)23(4,26-21(27)30)17-7-5-15(13-24)6-8-17/h5-12H,14H2,1-4H3,(H,25,28)(H,26,30). The highest BCUT2D eigenvalue weighted by Gasteiger charge is 2.49. The van der Waals surface area contributed by atoms with Gasteiger partial charge in [0.25, 0.3) is 5.91 Å². The predicted octanol–water partition coefficient (Wildman–Crippen LogP) is 3.26. The Bertz CT molecular complexity index is 1030. The zero-order valence-electron chi connectivity index (χ0n) is 17.4. The molecule has 1 heterocycles. The van der Waals surface area contributed by atoms with Crippen LogP contribution in [0.15, 0.2) is 48.5 Å². The summed E-state index contributed by atoms with van der Waals surface area (Å²) >= 11 is 0. The molecule has 0 aliphatic carbocycles. The molecule has 2 N–H and O–H groups in total. The molecule has 2 aromatic carbocycles. The number of nitrogens with zero attached hydrogens (tertiary/aromatic N) is 2. The van der Waals surface area contributed by atoms with E-state index in [4.69, 9.17) is 5.26 Å². The number of rotatable bonds is 4. The van der Waals surface area contributed by atoms with E-state index in [1.807, 2.05) is 18.2 Å². The van der Waals surface area contributed by atoms with Crippen molar-refractivity contribution in [3.63, 3.8) is 0 Å². The molecule has 0 spiro atoms. The van der Waals surface area contributed by atoms with Gasteiger partial charge in [-0.15, -0.1) is 0 Å². The molecule has 0 aromatic heterocycles. The Morgan fingerprint density at radius 2 is 1.70 bits per heavy atom. The minimum Gasteiger partial charge on any atom is -0.325 e. The number of nitriles is 1. The van der Waals surface area contributed by atoms with Crippen LogP contribution in [0.3, 0.4) is 0 Å². The minimum absolute atomic E-state index is 0.00149. The highest BCUT2D eigenvalue weighted by Crippen LogP contribution is 2.29. The molecular weight excluding hydrogens is 380 g/mol. The van der Waals surface area contributed by atoms with Crippen LogP contribution >= 0.6 is 0 Å². The van der Waals surface area contributed by atoms with Crippen LogP contribution in [0.25, 0.3) is 0 Å². The van der Waals surface area contributed by atoms with Crippen molar-refractivity contribution in [1.29, 1.82) is 5.26 Å². The lowest BCUT2D eigenvalue weighted by atomic mass is 9.87. The summed E-state index contributed by atoms with van der Waals surface area (Å²) in [5.74, 6) is -0.985. The molecule has 1 aliphatic heterocycles. The first-order valence-electron chi connectivity index (χ1n) is 9.60. The van der Waals surface area contributed by atoms with E-state index in [0.717, 1.165) is 10.5 Å². The van der Waals surface area contributed by atoms with Crippen LogP contribution in [0.4, 0.5) is 10.5 Å². The normalized spacial score (nSPS) is 18.7. The van der Waals surface area contributed by atoms with Crippen LogP contribution in [0.2, 0.25) is 0 Å². The molecule has 30 heavy (non-hydrogen) atoms. The molecule has 1 fully saturated rings. The molecule has 4 amide bonds. The van der Waals surface area contributed by atoms with E-state index < -0.39 is 29.9 Å². The monoisotopic (exact) mass is 404 g/mol. The van der Waals surface area contributed by atoms with Crippen LogP contribution in [-0.2, 0) is 20.5 Å². The number of urea groups is 1. The van der Waals surface area contributed by atoms with Crippen molar-refractivity contribution in [2.24, 2.45) is 0 Å². The zero-order chi connectivity index (χ0) is 22.1. The average molecular weight is 404 g/mol. The van der Waals surface area contributed by atoms with E-state index in [1.165, 1.54) is 0 Å². The van der Waals surface area contributed by atoms with Crippen LogP contribution in [-0.4, -0.2) is 29.3 Å². The first kappa shape index (κ1) is 21.1. The summed E-state index contributed by atoms with van der Waals surface area (Å²) in [6.07, 6.45) is 0. The van der Waals surface area contributed by atoms with Gasteiger partial charge in [0.2, 0.25) is 5.91 Å². The number of anilines is 1. The van der Waals surface area contributed by atoms with Crippen molar-refractivity contribution < 1.29 is 14.4 Å². The number of carbonyl (C=O) groups is 3. The maximum atomic E-state index is 12.9. The van der Waals surface area contributed by atoms with Crippen LogP contribution in [0.5, 0.6) is 0 Å². The Kier molecular flexibility index (Phi) is 5.36.